The summed E-state index contributed by atoms with van der Waals surface area (Å²) in [7, 11) is -3.71. The SMILES string of the molecule is CC[C@H](C)NC(=O)[C@H](C)N(Cc1ccc(C)cc1)C(=O)CN(c1ccccc1)S(C)(=O)=O. The lowest BCUT2D eigenvalue weighted by Crippen LogP contribution is -2.52. The summed E-state index contributed by atoms with van der Waals surface area (Å²) in [5, 5.41) is 2.91. The molecule has 0 spiro atoms. The number of nitrogens with one attached hydrogen (secondary N) is 1. The molecule has 0 aliphatic carbocycles. The standard InChI is InChI=1S/C24H33N3O4S/c1-6-19(3)25-24(29)20(4)26(16-21-14-12-18(2)13-15-21)23(28)17-27(32(5,30)31)22-10-8-7-9-11-22/h7-15,19-20H,6,16-17H2,1-5H3,(H,25,29)/t19-,20-/m0/s1. The van der Waals surface area contributed by atoms with E-state index >= 15 is 0 Å². The van der Waals surface area contributed by atoms with Gasteiger partial charge in [-0.2, -0.15) is 0 Å². The van der Waals surface area contributed by atoms with Crippen LogP contribution in [0.2, 0.25) is 0 Å². The summed E-state index contributed by atoms with van der Waals surface area (Å²) in [5.74, 6) is -0.725. The maximum absolute atomic E-state index is 13.4. The van der Waals surface area contributed by atoms with Crippen LogP contribution in [0.5, 0.6) is 0 Å². The first-order valence-corrected chi connectivity index (χ1v) is 12.6. The van der Waals surface area contributed by atoms with Gasteiger partial charge in [0.05, 0.1) is 11.9 Å². The minimum absolute atomic E-state index is 0.0295. The molecular weight excluding hydrogens is 426 g/mol. The highest BCUT2D eigenvalue weighted by molar-refractivity contribution is 7.92. The number of hydrogen-bond donors (Lipinski definition) is 1. The predicted octanol–water partition coefficient (Wildman–Crippen LogP) is 3.09. The van der Waals surface area contributed by atoms with Gasteiger partial charge in [0.15, 0.2) is 0 Å². The lowest BCUT2D eigenvalue weighted by Gasteiger charge is -2.32. The molecule has 2 atom stereocenters. The first-order valence-electron chi connectivity index (χ1n) is 10.7. The fourth-order valence-corrected chi connectivity index (χ4v) is 4.00. The number of para-hydroxylation sites is 1. The van der Waals surface area contributed by atoms with Crippen molar-refractivity contribution in [1.82, 2.24) is 10.2 Å². The topological polar surface area (TPSA) is 86.8 Å². The molecule has 0 aliphatic rings. The highest BCUT2D eigenvalue weighted by Gasteiger charge is 2.30. The van der Waals surface area contributed by atoms with Gasteiger partial charge in [0.1, 0.15) is 12.6 Å². The van der Waals surface area contributed by atoms with E-state index in [1.165, 1.54) is 4.90 Å². The zero-order valence-electron chi connectivity index (χ0n) is 19.4. The number of amides is 2. The third-order valence-corrected chi connectivity index (χ3v) is 6.51. The molecule has 0 saturated heterocycles. The molecule has 7 nitrogen and oxygen atoms in total. The molecule has 8 heteroatoms. The van der Waals surface area contributed by atoms with Crippen molar-refractivity contribution in [2.75, 3.05) is 17.1 Å². The van der Waals surface area contributed by atoms with Crippen molar-refractivity contribution in [3.63, 3.8) is 0 Å². The Bertz CT molecular complexity index is 1010. The second-order valence-corrected chi connectivity index (χ2v) is 10.0. The van der Waals surface area contributed by atoms with Crippen LogP contribution in [0, 0.1) is 6.92 Å². The number of sulfonamides is 1. The monoisotopic (exact) mass is 459 g/mol. The van der Waals surface area contributed by atoms with Gasteiger partial charge in [-0.25, -0.2) is 8.42 Å². The average molecular weight is 460 g/mol. The van der Waals surface area contributed by atoms with Gasteiger partial charge in [0.2, 0.25) is 21.8 Å². The molecule has 2 rings (SSSR count). The molecule has 0 saturated carbocycles. The van der Waals surface area contributed by atoms with E-state index in [0.29, 0.717) is 5.69 Å². The molecule has 0 unspecified atom stereocenters. The average Bonchev–Trinajstić information content (AvgIpc) is 2.76. The summed E-state index contributed by atoms with van der Waals surface area (Å²) in [5.41, 5.74) is 2.34. The van der Waals surface area contributed by atoms with Crippen molar-refractivity contribution < 1.29 is 18.0 Å². The van der Waals surface area contributed by atoms with Crippen LogP contribution in [-0.4, -0.2) is 50.0 Å². The van der Waals surface area contributed by atoms with E-state index in [2.05, 4.69) is 5.32 Å². The van der Waals surface area contributed by atoms with Gasteiger partial charge in [-0.15, -0.1) is 0 Å². The van der Waals surface area contributed by atoms with Crippen LogP contribution in [0.4, 0.5) is 5.69 Å². The molecule has 2 aromatic rings. The molecular formula is C24H33N3O4S. The van der Waals surface area contributed by atoms with Gasteiger partial charge in [-0.1, -0.05) is 55.0 Å². The molecule has 0 aromatic heterocycles. The number of nitrogens with zero attached hydrogens (tertiary/aromatic N) is 2. The van der Waals surface area contributed by atoms with E-state index in [1.54, 1.807) is 37.3 Å². The summed E-state index contributed by atoms with van der Waals surface area (Å²) >= 11 is 0. The van der Waals surface area contributed by atoms with Crippen molar-refractivity contribution in [2.24, 2.45) is 0 Å². The van der Waals surface area contributed by atoms with Crippen LogP contribution < -0.4 is 9.62 Å². The van der Waals surface area contributed by atoms with Crippen LogP contribution in [0.3, 0.4) is 0 Å². The Morgan fingerprint density at radius 1 is 1.00 bits per heavy atom. The van der Waals surface area contributed by atoms with Gasteiger partial charge in [0.25, 0.3) is 0 Å². The van der Waals surface area contributed by atoms with Crippen molar-refractivity contribution in [3.8, 4) is 0 Å². The summed E-state index contributed by atoms with van der Waals surface area (Å²) in [6.45, 7) is 7.30. The molecule has 174 valence electrons. The second-order valence-electron chi connectivity index (χ2n) is 8.11. The summed E-state index contributed by atoms with van der Waals surface area (Å²) in [6.07, 6.45) is 1.83. The van der Waals surface area contributed by atoms with Gasteiger partial charge >= 0.3 is 0 Å². The maximum atomic E-state index is 13.4. The Morgan fingerprint density at radius 2 is 1.59 bits per heavy atom. The molecule has 0 bridgehead atoms. The number of aryl methyl sites for hydroxylation is 1. The Hall–Kier alpha value is -2.87. The highest BCUT2D eigenvalue weighted by atomic mass is 32.2. The van der Waals surface area contributed by atoms with E-state index in [1.807, 2.05) is 45.0 Å². The molecule has 32 heavy (non-hydrogen) atoms. The number of carbonyl (C=O) groups is 2. The van der Waals surface area contributed by atoms with E-state index in [0.717, 1.165) is 28.1 Å². The van der Waals surface area contributed by atoms with Gasteiger partial charge < -0.3 is 10.2 Å². The van der Waals surface area contributed by atoms with Crippen molar-refractivity contribution in [2.45, 2.75) is 52.7 Å². The predicted molar refractivity (Wildman–Crippen MR) is 128 cm³/mol. The molecule has 1 N–H and O–H groups in total. The molecule has 2 amide bonds. The van der Waals surface area contributed by atoms with Crippen LogP contribution >= 0.6 is 0 Å². The third kappa shape index (κ3) is 7.09. The minimum atomic E-state index is -3.71. The fraction of sp³-hybridized carbons (Fsp3) is 0.417. The van der Waals surface area contributed by atoms with Crippen LogP contribution in [0.1, 0.15) is 38.3 Å². The van der Waals surface area contributed by atoms with E-state index in [9.17, 15) is 18.0 Å². The highest BCUT2D eigenvalue weighted by Crippen LogP contribution is 2.18. The number of rotatable bonds is 10. The minimum Gasteiger partial charge on any atom is -0.352 e. The largest absolute Gasteiger partial charge is 0.352 e. The Labute approximate surface area is 191 Å². The lowest BCUT2D eigenvalue weighted by atomic mass is 10.1. The smallest absolute Gasteiger partial charge is 0.244 e. The first-order chi connectivity index (χ1) is 15.0. The van der Waals surface area contributed by atoms with E-state index in [4.69, 9.17) is 0 Å². The van der Waals surface area contributed by atoms with Crippen molar-refractivity contribution >= 4 is 27.5 Å². The first kappa shape index (κ1) is 25.4. The quantitative estimate of drug-likeness (QED) is 0.592. The van der Waals surface area contributed by atoms with Crippen LogP contribution in [-0.2, 0) is 26.2 Å². The zero-order valence-corrected chi connectivity index (χ0v) is 20.2. The van der Waals surface area contributed by atoms with Crippen LogP contribution in [0.25, 0.3) is 0 Å². The Kier molecular flexibility index (Phi) is 8.83. The molecule has 0 aliphatic heterocycles. The fourth-order valence-electron chi connectivity index (χ4n) is 3.15. The molecule has 0 fully saturated rings. The number of carbonyl (C=O) groups excluding carboxylic acids is 2. The van der Waals surface area contributed by atoms with E-state index in [-0.39, 0.29) is 18.5 Å². The maximum Gasteiger partial charge on any atom is 0.244 e. The van der Waals surface area contributed by atoms with Crippen LogP contribution in [0.15, 0.2) is 54.6 Å². The van der Waals surface area contributed by atoms with Crippen molar-refractivity contribution in [3.05, 3.63) is 65.7 Å². The summed E-state index contributed by atoms with van der Waals surface area (Å²) in [6, 6.07) is 15.4. The second kappa shape index (κ2) is 11.1. The van der Waals surface area contributed by atoms with Gasteiger partial charge in [0, 0.05) is 12.6 Å². The molecule has 2 aromatic carbocycles. The van der Waals surface area contributed by atoms with E-state index < -0.39 is 28.5 Å². The summed E-state index contributed by atoms with van der Waals surface area (Å²) in [4.78, 5) is 27.6. The third-order valence-electron chi connectivity index (χ3n) is 5.37. The molecule has 0 radical (unpaired) electrons. The van der Waals surface area contributed by atoms with Gasteiger partial charge in [-0.3, -0.25) is 13.9 Å². The normalized spacial score (nSPS) is 13.2. The van der Waals surface area contributed by atoms with Gasteiger partial charge in [-0.05, 0) is 44.9 Å². The number of benzene rings is 2. The zero-order chi connectivity index (χ0) is 23.9. The summed E-state index contributed by atoms with van der Waals surface area (Å²) < 4.78 is 26.0. The Balaban J connectivity index is 2.34. The van der Waals surface area contributed by atoms with Crippen molar-refractivity contribution in [1.29, 1.82) is 0 Å². The molecule has 0 heterocycles. The Morgan fingerprint density at radius 3 is 2.12 bits per heavy atom. The number of hydrogen-bond acceptors (Lipinski definition) is 4. The number of anilines is 1. The lowest BCUT2D eigenvalue weighted by molar-refractivity contribution is -0.139.